The summed E-state index contributed by atoms with van der Waals surface area (Å²) in [5.41, 5.74) is 3.50. The lowest BCUT2D eigenvalue weighted by Gasteiger charge is -2.40. The first-order chi connectivity index (χ1) is 18.0. The molecule has 37 heavy (non-hydrogen) atoms. The molecule has 0 bridgehead atoms. The number of ether oxygens (including phenoxy) is 6. The predicted octanol–water partition coefficient (Wildman–Crippen LogP) is 4.23. The van der Waals surface area contributed by atoms with E-state index in [0.717, 1.165) is 28.1 Å². The first kappa shape index (κ1) is 23.1. The van der Waals surface area contributed by atoms with Crippen LogP contribution in [-0.4, -0.2) is 45.8 Å². The van der Waals surface area contributed by atoms with Gasteiger partial charge in [-0.3, -0.25) is 4.79 Å². The average molecular weight is 506 g/mol. The maximum atomic E-state index is 13.3. The molecule has 1 fully saturated rings. The van der Waals surface area contributed by atoms with Gasteiger partial charge in [-0.2, -0.15) is 0 Å². The molecule has 192 valence electrons. The van der Waals surface area contributed by atoms with Gasteiger partial charge in [0.25, 0.3) is 0 Å². The molecule has 0 unspecified atom stereocenters. The molecule has 9 heteroatoms. The molecule has 0 amide bonds. The Balaban J connectivity index is 1.54. The van der Waals surface area contributed by atoms with Crippen molar-refractivity contribution in [2.45, 2.75) is 12.0 Å². The summed E-state index contributed by atoms with van der Waals surface area (Å²) in [6.07, 6.45) is 0. The number of phenolic OH excluding ortho intramolecular Hbond substituents is 1. The molecule has 2 N–H and O–H groups in total. The molecule has 0 aromatic heterocycles. The van der Waals surface area contributed by atoms with E-state index in [4.69, 9.17) is 28.4 Å². The van der Waals surface area contributed by atoms with Crippen LogP contribution in [0.25, 0.3) is 0 Å². The minimum absolute atomic E-state index is 0.0985. The van der Waals surface area contributed by atoms with Gasteiger partial charge < -0.3 is 38.8 Å². The molecular formula is C28H27NO8. The number of anilines is 1. The molecule has 9 nitrogen and oxygen atoms in total. The summed E-state index contributed by atoms with van der Waals surface area (Å²) in [6, 6.07) is 14.8. The number of carbonyl (C=O) groups excluding carboxylic acids is 1. The number of rotatable bonds is 6. The van der Waals surface area contributed by atoms with Crippen molar-refractivity contribution in [2.24, 2.45) is 11.8 Å². The maximum absolute atomic E-state index is 13.3. The molecule has 3 aromatic rings. The van der Waals surface area contributed by atoms with E-state index in [0.29, 0.717) is 11.5 Å². The van der Waals surface area contributed by atoms with Gasteiger partial charge in [0.05, 0.1) is 39.9 Å². The fraction of sp³-hybridized carbons (Fsp3) is 0.321. The van der Waals surface area contributed by atoms with Crippen LogP contribution in [0, 0.1) is 11.8 Å². The first-order valence-electron chi connectivity index (χ1n) is 12.0. The van der Waals surface area contributed by atoms with Crippen molar-refractivity contribution in [3.8, 4) is 34.5 Å². The molecule has 3 aliphatic rings. The highest BCUT2D eigenvalue weighted by atomic mass is 16.7. The minimum Gasteiger partial charge on any atom is -0.502 e. The van der Waals surface area contributed by atoms with Gasteiger partial charge in [0.2, 0.25) is 12.5 Å². The van der Waals surface area contributed by atoms with Crippen LogP contribution in [0.4, 0.5) is 5.69 Å². The van der Waals surface area contributed by atoms with Crippen LogP contribution >= 0.6 is 0 Å². The average Bonchev–Trinajstić information content (AvgIpc) is 3.54. The lowest BCUT2D eigenvalue weighted by molar-refractivity contribution is -0.141. The van der Waals surface area contributed by atoms with Crippen LogP contribution in [0.1, 0.15) is 28.7 Å². The lowest BCUT2D eigenvalue weighted by atomic mass is 9.65. The predicted molar refractivity (Wildman–Crippen MR) is 133 cm³/mol. The first-order valence-corrected chi connectivity index (χ1v) is 12.0. The molecule has 0 saturated carbocycles. The van der Waals surface area contributed by atoms with E-state index in [1.165, 1.54) is 14.2 Å². The fourth-order valence-electron chi connectivity index (χ4n) is 5.73. The summed E-state index contributed by atoms with van der Waals surface area (Å²) < 4.78 is 33.3. The van der Waals surface area contributed by atoms with Gasteiger partial charge in [0.15, 0.2) is 23.0 Å². The van der Waals surface area contributed by atoms with Crippen LogP contribution in [0.2, 0.25) is 0 Å². The van der Waals surface area contributed by atoms with Gasteiger partial charge in [0.1, 0.15) is 5.75 Å². The van der Waals surface area contributed by atoms with Gasteiger partial charge in [-0.25, -0.2) is 0 Å². The molecule has 0 spiro atoms. The van der Waals surface area contributed by atoms with Gasteiger partial charge in [-0.15, -0.1) is 0 Å². The number of esters is 1. The van der Waals surface area contributed by atoms with E-state index in [-0.39, 0.29) is 48.6 Å². The molecule has 6 rings (SSSR count). The molecule has 1 aliphatic carbocycles. The number of cyclic esters (lactones) is 1. The maximum Gasteiger partial charge on any atom is 0.310 e. The summed E-state index contributed by atoms with van der Waals surface area (Å²) in [5, 5.41) is 14.1. The Labute approximate surface area is 213 Å². The topological polar surface area (TPSA) is 105 Å². The number of aromatic hydroxyl groups is 1. The van der Waals surface area contributed by atoms with Crippen molar-refractivity contribution in [2.75, 3.05) is 40.0 Å². The zero-order valence-corrected chi connectivity index (χ0v) is 20.6. The minimum atomic E-state index is -0.491. The summed E-state index contributed by atoms with van der Waals surface area (Å²) in [7, 11) is 4.58. The van der Waals surface area contributed by atoms with Crippen LogP contribution in [0.5, 0.6) is 34.5 Å². The summed E-state index contributed by atoms with van der Waals surface area (Å²) in [6.45, 7) is 0.397. The Morgan fingerprint density at radius 1 is 0.892 bits per heavy atom. The quantitative estimate of drug-likeness (QED) is 0.476. The highest BCUT2D eigenvalue weighted by Crippen LogP contribution is 2.56. The number of hydrogen-bond acceptors (Lipinski definition) is 9. The molecule has 4 atom stereocenters. The van der Waals surface area contributed by atoms with E-state index < -0.39 is 11.8 Å². The van der Waals surface area contributed by atoms with Crippen molar-refractivity contribution in [1.29, 1.82) is 0 Å². The smallest absolute Gasteiger partial charge is 0.310 e. The number of fused-ring (bicyclic) bond motifs is 3. The molecule has 0 radical (unpaired) electrons. The number of phenols is 1. The third kappa shape index (κ3) is 3.73. The number of carbonyl (C=O) groups is 1. The number of benzene rings is 3. The van der Waals surface area contributed by atoms with E-state index >= 15 is 0 Å². The van der Waals surface area contributed by atoms with Gasteiger partial charge in [0, 0.05) is 23.6 Å². The van der Waals surface area contributed by atoms with Crippen LogP contribution in [0.15, 0.2) is 48.5 Å². The van der Waals surface area contributed by atoms with E-state index in [9.17, 15) is 9.90 Å². The van der Waals surface area contributed by atoms with Crippen molar-refractivity contribution >= 4 is 11.7 Å². The fourth-order valence-corrected chi connectivity index (χ4v) is 5.73. The van der Waals surface area contributed by atoms with E-state index in [2.05, 4.69) is 5.32 Å². The van der Waals surface area contributed by atoms with E-state index in [1.807, 2.05) is 36.4 Å². The lowest BCUT2D eigenvalue weighted by Crippen LogP contribution is -2.37. The second-order valence-corrected chi connectivity index (χ2v) is 9.26. The van der Waals surface area contributed by atoms with Crippen molar-refractivity contribution in [1.82, 2.24) is 0 Å². The normalized spacial score (nSPS) is 23.1. The monoisotopic (exact) mass is 505 g/mol. The molecule has 2 heterocycles. The van der Waals surface area contributed by atoms with Crippen molar-refractivity contribution < 1.29 is 38.3 Å². The molecule has 2 aliphatic heterocycles. The van der Waals surface area contributed by atoms with Crippen LogP contribution < -0.4 is 29.0 Å². The third-order valence-corrected chi connectivity index (χ3v) is 7.44. The van der Waals surface area contributed by atoms with Crippen molar-refractivity contribution in [3.63, 3.8) is 0 Å². The third-order valence-electron chi connectivity index (χ3n) is 7.44. The zero-order valence-electron chi connectivity index (χ0n) is 20.6. The standard InChI is InChI=1S/C28H27NO8/c1-32-16-6-4-5-15(9-16)29-26-18-11-21-20(36-13-37-21)10-17(18)24(25-19(26)12-35-28(25)31)14-7-22(33-2)27(30)23(8-14)34-3/h4-11,19,24-26,29-30H,12-13H2,1-3H3/t19-,24+,25-,26+/m0/s1. The number of methoxy groups -OCH3 is 3. The van der Waals surface area contributed by atoms with Crippen LogP contribution in [-0.2, 0) is 9.53 Å². The summed E-state index contributed by atoms with van der Waals surface area (Å²) >= 11 is 0. The highest BCUT2D eigenvalue weighted by Gasteiger charge is 2.52. The molecular weight excluding hydrogens is 478 g/mol. The Hall–Kier alpha value is -4.27. The molecule has 1 saturated heterocycles. The second-order valence-electron chi connectivity index (χ2n) is 9.26. The Kier molecular flexibility index (Phi) is 5.62. The van der Waals surface area contributed by atoms with Gasteiger partial charge in [-0.05, 0) is 53.1 Å². The summed E-state index contributed by atoms with van der Waals surface area (Å²) in [5.74, 6) is 1.08. The molecule has 3 aromatic carbocycles. The Morgan fingerprint density at radius 2 is 1.59 bits per heavy atom. The Bertz CT molecular complexity index is 1350. The van der Waals surface area contributed by atoms with Gasteiger partial charge >= 0.3 is 5.97 Å². The highest BCUT2D eigenvalue weighted by molar-refractivity contribution is 5.79. The van der Waals surface area contributed by atoms with Gasteiger partial charge in [-0.1, -0.05) is 6.07 Å². The number of nitrogens with one attached hydrogen (secondary N) is 1. The number of hydrogen-bond donors (Lipinski definition) is 2. The SMILES string of the molecule is COc1cccc(N[C@@H]2c3cc4c(cc3[C@@H](c3cc(OC)c(O)c(OC)c3)[C@H]3C(=O)OC[C@@H]32)OCO4)c1. The second kappa shape index (κ2) is 8.99. The zero-order chi connectivity index (χ0) is 25.7. The van der Waals surface area contributed by atoms with Crippen molar-refractivity contribution in [3.05, 3.63) is 65.2 Å². The largest absolute Gasteiger partial charge is 0.502 e. The summed E-state index contributed by atoms with van der Waals surface area (Å²) in [4.78, 5) is 13.3. The van der Waals surface area contributed by atoms with E-state index in [1.54, 1.807) is 19.2 Å². The van der Waals surface area contributed by atoms with Crippen LogP contribution in [0.3, 0.4) is 0 Å². The Morgan fingerprint density at radius 3 is 2.27 bits per heavy atom.